The molecular weight excluding hydrogens is 128 g/mol. The number of hydrogen-bond acceptors (Lipinski definition) is 2. The molecule has 0 aliphatic heterocycles. The number of hydrogen-bond donors (Lipinski definition) is 2. The zero-order valence-electron chi connectivity index (χ0n) is 6.28. The first-order valence-corrected chi connectivity index (χ1v) is 5.12. The molecule has 0 amide bonds. The summed E-state index contributed by atoms with van der Waals surface area (Å²) in [6.07, 6.45) is 0.495. The molecular formula is C6H16N2Si. The Balaban J connectivity index is 3.19. The fourth-order valence-electron chi connectivity index (χ4n) is 0.718. The first-order chi connectivity index (χ1) is 4.35. The lowest BCUT2D eigenvalue weighted by Crippen LogP contribution is -2.37. The van der Waals surface area contributed by atoms with Crippen LogP contribution in [-0.4, -0.2) is 29.8 Å². The minimum absolute atomic E-state index is 0.00883. The van der Waals surface area contributed by atoms with Crippen LogP contribution in [0.1, 0.15) is 0 Å². The average molecular weight is 144 g/mol. The quantitative estimate of drug-likeness (QED) is 0.401. The van der Waals surface area contributed by atoms with Crippen molar-refractivity contribution >= 4 is 9.52 Å². The summed E-state index contributed by atoms with van der Waals surface area (Å²) in [6, 6.07) is 1.25. The SMILES string of the molecule is C=C[SiH2]CC(NC)NC. The first kappa shape index (κ1) is 8.88. The molecule has 0 fully saturated rings. The van der Waals surface area contributed by atoms with Crippen LogP contribution >= 0.6 is 0 Å². The highest BCUT2D eigenvalue weighted by Gasteiger charge is 1.97. The van der Waals surface area contributed by atoms with Crippen LogP contribution in [0.25, 0.3) is 0 Å². The van der Waals surface area contributed by atoms with Crippen molar-refractivity contribution in [1.29, 1.82) is 0 Å². The highest BCUT2D eigenvalue weighted by Crippen LogP contribution is 1.84. The van der Waals surface area contributed by atoms with E-state index in [0.717, 1.165) is 0 Å². The minimum Gasteiger partial charge on any atom is -0.305 e. The summed E-state index contributed by atoms with van der Waals surface area (Å²) in [6.45, 7) is 3.71. The minimum atomic E-state index is -0.00883. The summed E-state index contributed by atoms with van der Waals surface area (Å²) in [5.41, 5.74) is 2.07. The van der Waals surface area contributed by atoms with Crippen molar-refractivity contribution < 1.29 is 0 Å². The third-order valence-corrected chi connectivity index (χ3v) is 2.68. The van der Waals surface area contributed by atoms with E-state index in [4.69, 9.17) is 0 Å². The van der Waals surface area contributed by atoms with Gasteiger partial charge in [-0.1, -0.05) is 0 Å². The molecule has 0 atom stereocenters. The Morgan fingerprint density at radius 2 is 2.11 bits per heavy atom. The van der Waals surface area contributed by atoms with E-state index in [1.54, 1.807) is 0 Å². The molecule has 0 aromatic carbocycles. The predicted molar refractivity (Wildman–Crippen MR) is 45.5 cm³/mol. The van der Waals surface area contributed by atoms with E-state index in [1.807, 2.05) is 14.1 Å². The fraction of sp³-hybridized carbons (Fsp3) is 0.667. The maximum atomic E-state index is 3.71. The van der Waals surface area contributed by atoms with Crippen LogP contribution in [-0.2, 0) is 0 Å². The van der Waals surface area contributed by atoms with Gasteiger partial charge in [0.05, 0.1) is 6.17 Å². The molecule has 2 nitrogen and oxygen atoms in total. The van der Waals surface area contributed by atoms with E-state index in [9.17, 15) is 0 Å². The summed E-state index contributed by atoms with van der Waals surface area (Å²) in [4.78, 5) is 0. The van der Waals surface area contributed by atoms with Gasteiger partial charge in [-0.2, -0.15) is 0 Å². The molecule has 2 N–H and O–H groups in total. The van der Waals surface area contributed by atoms with Gasteiger partial charge in [0.1, 0.15) is 0 Å². The second-order valence-electron chi connectivity index (χ2n) is 2.00. The maximum absolute atomic E-state index is 3.71. The average Bonchev–Trinajstić information content (AvgIpc) is 1.91. The van der Waals surface area contributed by atoms with Crippen molar-refractivity contribution in [3.05, 3.63) is 12.3 Å². The summed E-state index contributed by atoms with van der Waals surface area (Å²) >= 11 is 0. The van der Waals surface area contributed by atoms with Gasteiger partial charge in [-0.3, -0.25) is 0 Å². The molecule has 0 spiro atoms. The molecule has 0 saturated heterocycles. The fourth-order valence-corrected chi connectivity index (χ4v) is 1.86. The third kappa shape index (κ3) is 4.38. The van der Waals surface area contributed by atoms with Crippen LogP contribution in [0.5, 0.6) is 0 Å². The van der Waals surface area contributed by atoms with E-state index in [1.165, 1.54) is 6.04 Å². The van der Waals surface area contributed by atoms with E-state index >= 15 is 0 Å². The monoisotopic (exact) mass is 144 g/mol. The van der Waals surface area contributed by atoms with Crippen LogP contribution in [0.3, 0.4) is 0 Å². The molecule has 54 valence electrons. The van der Waals surface area contributed by atoms with Crippen molar-refractivity contribution in [3.63, 3.8) is 0 Å². The van der Waals surface area contributed by atoms with Crippen LogP contribution in [0.15, 0.2) is 12.3 Å². The molecule has 0 saturated carbocycles. The Bertz CT molecular complexity index is 71.5. The molecule has 0 rings (SSSR count). The molecule has 0 bridgehead atoms. The normalized spacial score (nSPS) is 11.4. The number of nitrogens with one attached hydrogen (secondary N) is 2. The molecule has 0 radical (unpaired) electrons. The van der Waals surface area contributed by atoms with Gasteiger partial charge >= 0.3 is 0 Å². The molecule has 0 heterocycles. The van der Waals surface area contributed by atoms with E-state index < -0.39 is 0 Å². The summed E-state index contributed by atoms with van der Waals surface area (Å²) in [7, 11) is 3.93. The maximum Gasteiger partial charge on any atom is 0.0540 e. The van der Waals surface area contributed by atoms with Gasteiger partial charge in [0.25, 0.3) is 0 Å². The van der Waals surface area contributed by atoms with E-state index in [0.29, 0.717) is 6.17 Å². The predicted octanol–water partition coefficient (Wildman–Crippen LogP) is -0.518. The largest absolute Gasteiger partial charge is 0.305 e. The van der Waals surface area contributed by atoms with Crippen molar-refractivity contribution in [3.8, 4) is 0 Å². The second-order valence-corrected chi connectivity index (χ2v) is 3.73. The molecule has 0 aliphatic rings. The van der Waals surface area contributed by atoms with Gasteiger partial charge in [-0.15, -0.1) is 12.3 Å². The standard InChI is InChI=1S/C6H16N2Si/c1-4-9-5-6(7-2)8-3/h4,6-8H,1,5,9H2,2-3H3. The Morgan fingerprint density at radius 3 is 2.44 bits per heavy atom. The molecule has 9 heavy (non-hydrogen) atoms. The zero-order chi connectivity index (χ0) is 7.11. The lowest BCUT2D eigenvalue weighted by Gasteiger charge is -2.12. The smallest absolute Gasteiger partial charge is 0.0540 e. The molecule has 3 heteroatoms. The van der Waals surface area contributed by atoms with Gasteiger partial charge in [-0.05, 0) is 20.1 Å². The van der Waals surface area contributed by atoms with Crippen molar-refractivity contribution in [2.24, 2.45) is 0 Å². The Hall–Kier alpha value is -0.123. The summed E-state index contributed by atoms with van der Waals surface area (Å²) in [5.74, 6) is 0. The second kappa shape index (κ2) is 6.00. The van der Waals surface area contributed by atoms with Gasteiger partial charge in [-0.25, -0.2) is 0 Å². The number of rotatable bonds is 5. The lowest BCUT2D eigenvalue weighted by molar-refractivity contribution is 0.536. The third-order valence-electron chi connectivity index (χ3n) is 1.36. The first-order valence-electron chi connectivity index (χ1n) is 3.30. The van der Waals surface area contributed by atoms with Crippen LogP contribution in [0.4, 0.5) is 0 Å². The van der Waals surface area contributed by atoms with Crippen LogP contribution in [0.2, 0.25) is 6.04 Å². The highest BCUT2D eigenvalue weighted by atomic mass is 28.2. The summed E-state index contributed by atoms with van der Waals surface area (Å²) in [5, 5.41) is 6.32. The van der Waals surface area contributed by atoms with Crippen molar-refractivity contribution in [2.45, 2.75) is 12.2 Å². The van der Waals surface area contributed by atoms with Crippen molar-refractivity contribution in [2.75, 3.05) is 14.1 Å². The topological polar surface area (TPSA) is 24.1 Å². The van der Waals surface area contributed by atoms with Gasteiger partial charge in [0, 0.05) is 9.52 Å². The summed E-state index contributed by atoms with van der Waals surface area (Å²) < 4.78 is 0. The van der Waals surface area contributed by atoms with Gasteiger partial charge in [0.15, 0.2) is 0 Å². The van der Waals surface area contributed by atoms with Gasteiger partial charge < -0.3 is 10.6 Å². The molecule has 0 aromatic rings. The highest BCUT2D eigenvalue weighted by molar-refractivity contribution is 6.41. The Morgan fingerprint density at radius 1 is 1.56 bits per heavy atom. The van der Waals surface area contributed by atoms with Crippen molar-refractivity contribution in [1.82, 2.24) is 10.6 Å². The lowest BCUT2D eigenvalue weighted by atomic mass is 10.6. The van der Waals surface area contributed by atoms with Crippen LogP contribution < -0.4 is 10.6 Å². The van der Waals surface area contributed by atoms with E-state index in [2.05, 4.69) is 22.9 Å². The molecule has 0 aromatic heterocycles. The molecule has 0 aliphatic carbocycles. The van der Waals surface area contributed by atoms with Crippen LogP contribution in [0, 0.1) is 0 Å². The van der Waals surface area contributed by atoms with E-state index in [-0.39, 0.29) is 9.52 Å². The Labute approximate surface area is 59.5 Å². The molecule has 0 unspecified atom stereocenters. The zero-order valence-corrected chi connectivity index (χ0v) is 7.69. The van der Waals surface area contributed by atoms with Gasteiger partial charge in [0.2, 0.25) is 0 Å². The Kier molecular flexibility index (Phi) is 5.92.